The lowest BCUT2D eigenvalue weighted by Crippen LogP contribution is -2.19. The minimum Gasteiger partial charge on any atom is -0.326 e. The largest absolute Gasteiger partial charge is 0.326 e. The van der Waals surface area contributed by atoms with Gasteiger partial charge >= 0.3 is 0 Å². The number of nitrogens with zero attached hydrogens (tertiary/aromatic N) is 1. The summed E-state index contributed by atoms with van der Waals surface area (Å²) in [6, 6.07) is 8.97. The highest BCUT2D eigenvalue weighted by atomic mass is 32.2. The first-order chi connectivity index (χ1) is 10.7. The van der Waals surface area contributed by atoms with E-state index in [2.05, 4.69) is 15.6 Å². The van der Waals surface area contributed by atoms with Crippen LogP contribution in [0, 0.1) is 0 Å². The Hall–Kier alpha value is -2.34. The van der Waals surface area contributed by atoms with Crippen molar-refractivity contribution in [2.75, 3.05) is 16.9 Å². The van der Waals surface area contributed by atoms with Crippen LogP contribution in [0.25, 0.3) is 0 Å². The monoisotopic (exact) mass is 313 g/mol. The van der Waals surface area contributed by atoms with Gasteiger partial charge in [-0.05, 0) is 48.6 Å². The van der Waals surface area contributed by atoms with E-state index >= 15 is 0 Å². The van der Waals surface area contributed by atoms with Gasteiger partial charge in [-0.1, -0.05) is 0 Å². The number of pyridine rings is 1. The second-order valence-electron chi connectivity index (χ2n) is 4.96. The summed E-state index contributed by atoms with van der Waals surface area (Å²) < 4.78 is 0. The van der Waals surface area contributed by atoms with Crippen molar-refractivity contribution >= 4 is 35.0 Å². The maximum atomic E-state index is 12.3. The molecule has 0 bridgehead atoms. The predicted molar refractivity (Wildman–Crippen MR) is 87.4 cm³/mol. The first kappa shape index (κ1) is 14.6. The molecule has 112 valence electrons. The van der Waals surface area contributed by atoms with Gasteiger partial charge in [-0.25, -0.2) is 4.98 Å². The second-order valence-corrected chi connectivity index (χ2v) is 5.79. The van der Waals surface area contributed by atoms with Gasteiger partial charge in [0.15, 0.2) is 0 Å². The molecule has 1 aliphatic rings. The Morgan fingerprint density at radius 1 is 1.27 bits per heavy atom. The molecule has 1 aromatic carbocycles. The number of aromatic nitrogens is 1. The Labute approximate surface area is 132 Å². The summed E-state index contributed by atoms with van der Waals surface area (Å²) in [4.78, 5) is 27.8. The van der Waals surface area contributed by atoms with Crippen LogP contribution < -0.4 is 10.6 Å². The first-order valence-electron chi connectivity index (χ1n) is 6.90. The van der Waals surface area contributed by atoms with Crippen LogP contribution in [0.3, 0.4) is 0 Å². The fourth-order valence-corrected chi connectivity index (χ4v) is 2.74. The van der Waals surface area contributed by atoms with Gasteiger partial charge in [0.2, 0.25) is 5.91 Å². The third-order valence-electron chi connectivity index (χ3n) is 3.46. The molecule has 2 amide bonds. The zero-order chi connectivity index (χ0) is 15.5. The lowest BCUT2D eigenvalue weighted by molar-refractivity contribution is -0.116. The van der Waals surface area contributed by atoms with Gasteiger partial charge in [0.05, 0.1) is 5.03 Å². The zero-order valence-electron chi connectivity index (χ0n) is 12.1. The number of carbonyl (C=O) groups is 2. The van der Waals surface area contributed by atoms with Crippen LogP contribution in [0.4, 0.5) is 11.4 Å². The van der Waals surface area contributed by atoms with Gasteiger partial charge in [0, 0.05) is 29.6 Å². The van der Waals surface area contributed by atoms with Gasteiger partial charge in [-0.3, -0.25) is 9.59 Å². The normalized spacial score (nSPS) is 13.2. The van der Waals surface area contributed by atoms with Crippen molar-refractivity contribution in [3.63, 3.8) is 0 Å². The lowest BCUT2D eigenvalue weighted by Gasteiger charge is -2.17. The Morgan fingerprint density at radius 3 is 2.95 bits per heavy atom. The van der Waals surface area contributed by atoms with Crippen LogP contribution in [0.1, 0.15) is 22.3 Å². The molecule has 3 rings (SSSR count). The first-order valence-corrected chi connectivity index (χ1v) is 8.12. The van der Waals surface area contributed by atoms with Crippen LogP contribution in [0.15, 0.2) is 41.6 Å². The van der Waals surface area contributed by atoms with Gasteiger partial charge in [0.1, 0.15) is 0 Å². The summed E-state index contributed by atoms with van der Waals surface area (Å²) in [5.41, 5.74) is 3.16. The maximum Gasteiger partial charge on any atom is 0.255 e. The fraction of sp³-hybridized carbons (Fsp3) is 0.188. The van der Waals surface area contributed by atoms with E-state index in [9.17, 15) is 9.59 Å². The average Bonchev–Trinajstić information content (AvgIpc) is 2.55. The topological polar surface area (TPSA) is 71.1 Å². The van der Waals surface area contributed by atoms with E-state index in [4.69, 9.17) is 0 Å². The van der Waals surface area contributed by atoms with Crippen molar-refractivity contribution < 1.29 is 9.59 Å². The number of rotatable bonds is 3. The number of carbonyl (C=O) groups excluding carboxylic acids is 2. The molecular weight excluding hydrogens is 298 g/mol. The summed E-state index contributed by atoms with van der Waals surface area (Å²) in [7, 11) is 0. The van der Waals surface area contributed by atoms with Crippen LogP contribution in [0.5, 0.6) is 0 Å². The summed E-state index contributed by atoms with van der Waals surface area (Å²) in [5.74, 6) is -0.136. The van der Waals surface area contributed by atoms with Crippen molar-refractivity contribution in [1.82, 2.24) is 4.98 Å². The van der Waals surface area contributed by atoms with E-state index in [0.29, 0.717) is 18.4 Å². The van der Waals surface area contributed by atoms with Crippen LogP contribution in [-0.2, 0) is 11.2 Å². The number of nitrogens with one attached hydrogen (secondary N) is 2. The summed E-state index contributed by atoms with van der Waals surface area (Å²) in [6.45, 7) is 0. The highest BCUT2D eigenvalue weighted by Crippen LogP contribution is 2.26. The Bertz CT molecular complexity index is 746. The quantitative estimate of drug-likeness (QED) is 0.855. The van der Waals surface area contributed by atoms with E-state index in [-0.39, 0.29) is 11.8 Å². The van der Waals surface area contributed by atoms with Crippen LogP contribution >= 0.6 is 11.8 Å². The molecule has 2 aromatic rings. The number of thioether (sulfide) groups is 1. The maximum absolute atomic E-state index is 12.3. The third kappa shape index (κ3) is 3.12. The molecule has 0 fully saturated rings. The molecule has 0 aliphatic carbocycles. The van der Waals surface area contributed by atoms with Crippen molar-refractivity contribution in [2.45, 2.75) is 17.9 Å². The Morgan fingerprint density at radius 2 is 2.14 bits per heavy atom. The molecule has 0 spiro atoms. The van der Waals surface area contributed by atoms with Crippen molar-refractivity contribution in [3.8, 4) is 0 Å². The van der Waals surface area contributed by atoms with E-state index in [1.165, 1.54) is 11.8 Å². The number of hydrogen-bond donors (Lipinski definition) is 2. The molecular formula is C16H15N3O2S. The molecule has 2 heterocycles. The highest BCUT2D eigenvalue weighted by molar-refractivity contribution is 7.98. The lowest BCUT2D eigenvalue weighted by atomic mass is 10.0. The summed E-state index contributed by atoms with van der Waals surface area (Å²) >= 11 is 1.49. The summed E-state index contributed by atoms with van der Waals surface area (Å²) in [6.07, 6.45) is 4.72. The fourth-order valence-electron chi connectivity index (χ4n) is 2.33. The Kier molecular flexibility index (Phi) is 4.11. The Balaban J connectivity index is 1.78. The predicted octanol–water partition coefficient (Wildman–Crippen LogP) is 2.94. The van der Waals surface area contributed by atoms with E-state index in [1.807, 2.05) is 18.4 Å². The SMILES string of the molecule is CSc1cc(C(=O)Nc2ccc3c(c2)CCC(=O)N3)ccn1. The number of fused-ring (bicyclic) bond motifs is 1. The van der Waals surface area contributed by atoms with E-state index < -0.39 is 0 Å². The van der Waals surface area contributed by atoms with Gasteiger partial charge < -0.3 is 10.6 Å². The molecule has 1 aliphatic heterocycles. The highest BCUT2D eigenvalue weighted by Gasteiger charge is 2.15. The molecule has 0 unspecified atom stereocenters. The molecule has 0 radical (unpaired) electrons. The second kappa shape index (κ2) is 6.19. The molecule has 5 nitrogen and oxygen atoms in total. The number of amides is 2. The third-order valence-corrected chi connectivity index (χ3v) is 4.11. The number of hydrogen-bond acceptors (Lipinski definition) is 4. The van der Waals surface area contributed by atoms with Crippen LogP contribution in [-0.4, -0.2) is 23.1 Å². The smallest absolute Gasteiger partial charge is 0.255 e. The van der Waals surface area contributed by atoms with E-state index in [0.717, 1.165) is 22.0 Å². The molecule has 0 saturated carbocycles. The minimum absolute atomic E-state index is 0.0330. The molecule has 0 saturated heterocycles. The van der Waals surface area contributed by atoms with Gasteiger partial charge in [-0.2, -0.15) is 0 Å². The minimum atomic E-state index is -0.169. The van der Waals surface area contributed by atoms with Crippen molar-refractivity contribution in [2.24, 2.45) is 0 Å². The van der Waals surface area contributed by atoms with E-state index in [1.54, 1.807) is 24.4 Å². The summed E-state index contributed by atoms with van der Waals surface area (Å²) in [5, 5.41) is 6.51. The van der Waals surface area contributed by atoms with Gasteiger partial charge in [-0.15, -0.1) is 11.8 Å². The van der Waals surface area contributed by atoms with Gasteiger partial charge in [0.25, 0.3) is 5.91 Å². The molecule has 22 heavy (non-hydrogen) atoms. The standard InChI is InChI=1S/C16H15N3O2S/c1-22-15-9-11(6-7-17-15)16(21)18-12-3-4-13-10(8-12)2-5-14(20)19-13/h3-4,6-9H,2,5H2,1H3,(H,18,21)(H,19,20). The number of anilines is 2. The molecule has 0 atom stereocenters. The average molecular weight is 313 g/mol. The van der Waals surface area contributed by atoms with Crippen molar-refractivity contribution in [3.05, 3.63) is 47.7 Å². The zero-order valence-corrected chi connectivity index (χ0v) is 12.9. The molecule has 1 aromatic heterocycles. The van der Waals surface area contributed by atoms with Crippen LogP contribution in [0.2, 0.25) is 0 Å². The number of aryl methyl sites for hydroxylation is 1. The number of benzene rings is 1. The molecule has 6 heteroatoms. The van der Waals surface area contributed by atoms with Crippen molar-refractivity contribution in [1.29, 1.82) is 0 Å². The molecule has 2 N–H and O–H groups in total.